The first-order valence-corrected chi connectivity index (χ1v) is 10.9. The largest absolute Gasteiger partial charge is 0.492 e. The maximum absolute atomic E-state index is 12.1. The summed E-state index contributed by atoms with van der Waals surface area (Å²) >= 11 is 1.19. The average Bonchev–Trinajstić information content (AvgIpc) is 3.19. The fourth-order valence-corrected chi connectivity index (χ4v) is 4.34. The average molecular weight is 538 g/mol. The molecule has 28 heavy (non-hydrogen) atoms. The van der Waals surface area contributed by atoms with E-state index in [-0.39, 0.29) is 30.5 Å². The number of ether oxygens (including phenoxy) is 1. The molecule has 0 fully saturated rings. The quantitative estimate of drug-likeness (QED) is 0.222. The summed E-state index contributed by atoms with van der Waals surface area (Å²) in [5, 5.41) is 4.88. The third-order valence-electron chi connectivity index (χ3n) is 3.75. The van der Waals surface area contributed by atoms with Crippen LogP contribution in [0.2, 0.25) is 0 Å². The molecule has 2 rings (SSSR count). The predicted octanol–water partition coefficient (Wildman–Crippen LogP) is 2.54. The van der Waals surface area contributed by atoms with Crippen LogP contribution in [0.1, 0.15) is 5.56 Å². The maximum atomic E-state index is 12.1. The van der Waals surface area contributed by atoms with Crippen LogP contribution in [-0.2, 0) is 10.0 Å². The van der Waals surface area contributed by atoms with Crippen molar-refractivity contribution in [2.75, 3.05) is 40.3 Å². The van der Waals surface area contributed by atoms with Gasteiger partial charge in [-0.05, 0) is 30.5 Å². The van der Waals surface area contributed by atoms with Gasteiger partial charge >= 0.3 is 0 Å². The number of nitrogens with one attached hydrogen (secondary N) is 2. The van der Waals surface area contributed by atoms with Crippen LogP contribution in [0, 0.1) is 6.92 Å². The van der Waals surface area contributed by atoms with Gasteiger partial charge in [0.05, 0.1) is 6.54 Å². The highest BCUT2D eigenvalue weighted by atomic mass is 127. The van der Waals surface area contributed by atoms with E-state index in [0.29, 0.717) is 29.9 Å². The molecule has 2 N–H and O–H groups in total. The summed E-state index contributed by atoms with van der Waals surface area (Å²) in [5.74, 6) is 1.51. The van der Waals surface area contributed by atoms with Gasteiger partial charge in [-0.1, -0.05) is 23.8 Å². The van der Waals surface area contributed by atoms with E-state index in [1.165, 1.54) is 16.9 Å². The molecule has 0 aliphatic carbocycles. The van der Waals surface area contributed by atoms with Gasteiger partial charge in [0.1, 0.15) is 16.6 Å². The Morgan fingerprint density at radius 3 is 2.54 bits per heavy atom. The minimum Gasteiger partial charge on any atom is -0.492 e. The number of halogens is 1. The molecule has 0 radical (unpaired) electrons. The van der Waals surface area contributed by atoms with Crippen molar-refractivity contribution in [3.8, 4) is 5.75 Å². The number of hydrogen-bond acceptors (Lipinski definition) is 5. The zero-order valence-electron chi connectivity index (χ0n) is 16.2. The summed E-state index contributed by atoms with van der Waals surface area (Å²) < 4.78 is 32.7. The Labute approximate surface area is 188 Å². The number of aryl methyl sites for hydroxylation is 1. The molecule has 0 aliphatic rings. The zero-order valence-corrected chi connectivity index (χ0v) is 20.2. The number of rotatable bonds is 9. The number of hydrogen-bond donors (Lipinski definition) is 2. The SMILES string of the molecule is CN=C(NCCNS(=O)(=O)c1cccs1)N(C)CCOc1ccc(C)cc1.I. The standard InChI is InChI=1S/C18H26N4O3S2.HI/c1-15-6-8-16(9-7-15)25-13-12-22(3)18(19-2)20-10-11-21-27(23,24)17-5-4-14-26-17;/h4-9,14,21H,10-13H2,1-3H3,(H,19,20);1H. The molecule has 0 saturated carbocycles. The van der Waals surface area contributed by atoms with Gasteiger partial charge in [-0.15, -0.1) is 35.3 Å². The van der Waals surface area contributed by atoms with Gasteiger partial charge in [0, 0.05) is 27.2 Å². The fourth-order valence-electron chi connectivity index (χ4n) is 2.27. The summed E-state index contributed by atoms with van der Waals surface area (Å²) in [4.78, 5) is 6.14. The van der Waals surface area contributed by atoms with Gasteiger partial charge < -0.3 is 15.0 Å². The monoisotopic (exact) mass is 538 g/mol. The number of benzene rings is 1. The van der Waals surface area contributed by atoms with Crippen molar-refractivity contribution >= 4 is 51.3 Å². The van der Waals surface area contributed by atoms with Crippen LogP contribution in [0.4, 0.5) is 0 Å². The lowest BCUT2D eigenvalue weighted by atomic mass is 10.2. The molecule has 0 bridgehead atoms. The number of aliphatic imine (C=N–C) groups is 1. The molecule has 7 nitrogen and oxygen atoms in total. The molecule has 2 aromatic rings. The minimum atomic E-state index is -3.43. The van der Waals surface area contributed by atoms with Crippen molar-refractivity contribution in [2.45, 2.75) is 11.1 Å². The topological polar surface area (TPSA) is 83.0 Å². The Morgan fingerprint density at radius 1 is 1.21 bits per heavy atom. The first-order valence-electron chi connectivity index (χ1n) is 8.57. The van der Waals surface area contributed by atoms with Crippen molar-refractivity contribution < 1.29 is 13.2 Å². The predicted molar refractivity (Wildman–Crippen MR) is 126 cm³/mol. The third kappa shape index (κ3) is 7.94. The first kappa shape index (κ1) is 24.7. The van der Waals surface area contributed by atoms with Crippen LogP contribution in [0.3, 0.4) is 0 Å². The van der Waals surface area contributed by atoms with E-state index in [1.807, 2.05) is 43.1 Å². The van der Waals surface area contributed by atoms with E-state index < -0.39 is 10.0 Å². The van der Waals surface area contributed by atoms with Gasteiger partial charge in [-0.2, -0.15) is 0 Å². The van der Waals surface area contributed by atoms with Crippen LogP contribution in [0.5, 0.6) is 5.75 Å². The Morgan fingerprint density at radius 2 is 1.93 bits per heavy atom. The number of guanidine groups is 1. The number of thiophene rings is 1. The second kappa shape index (κ2) is 12.2. The summed E-state index contributed by atoms with van der Waals surface area (Å²) in [6.07, 6.45) is 0. The second-order valence-corrected chi connectivity index (χ2v) is 8.83. The molecule has 0 atom stereocenters. The molecule has 0 unspecified atom stereocenters. The van der Waals surface area contributed by atoms with Crippen LogP contribution in [0.15, 0.2) is 51.0 Å². The Balaban J connectivity index is 0.00000392. The van der Waals surface area contributed by atoms with Gasteiger partial charge in [0.25, 0.3) is 0 Å². The lowest BCUT2D eigenvalue weighted by Gasteiger charge is -2.22. The molecular formula is C18H27IN4O3S2. The van der Waals surface area contributed by atoms with E-state index in [9.17, 15) is 8.42 Å². The van der Waals surface area contributed by atoms with Gasteiger partial charge in [0.15, 0.2) is 5.96 Å². The summed E-state index contributed by atoms with van der Waals surface area (Å²) in [5.41, 5.74) is 1.19. The molecule has 0 amide bonds. The second-order valence-electron chi connectivity index (χ2n) is 5.89. The lowest BCUT2D eigenvalue weighted by Crippen LogP contribution is -2.43. The molecular weight excluding hydrogens is 511 g/mol. The van der Waals surface area contributed by atoms with Crippen molar-refractivity contribution in [2.24, 2.45) is 4.99 Å². The molecule has 1 heterocycles. The Hall–Kier alpha value is -1.37. The smallest absolute Gasteiger partial charge is 0.250 e. The number of sulfonamides is 1. The molecule has 0 saturated heterocycles. The van der Waals surface area contributed by atoms with Gasteiger partial charge in [0.2, 0.25) is 10.0 Å². The summed E-state index contributed by atoms with van der Waals surface area (Å²) in [6.45, 7) is 3.90. The van der Waals surface area contributed by atoms with Crippen molar-refractivity contribution in [1.29, 1.82) is 0 Å². The molecule has 1 aromatic heterocycles. The maximum Gasteiger partial charge on any atom is 0.250 e. The van der Waals surface area contributed by atoms with Crippen molar-refractivity contribution in [3.05, 3.63) is 47.3 Å². The summed E-state index contributed by atoms with van der Waals surface area (Å²) in [6, 6.07) is 11.2. The number of likely N-dealkylation sites (N-methyl/N-ethyl adjacent to an activating group) is 1. The van der Waals surface area contributed by atoms with E-state index in [1.54, 1.807) is 24.6 Å². The molecule has 0 spiro atoms. The highest BCUT2D eigenvalue weighted by Gasteiger charge is 2.14. The summed E-state index contributed by atoms with van der Waals surface area (Å²) in [7, 11) is 0.162. The van der Waals surface area contributed by atoms with Crippen LogP contribution < -0.4 is 14.8 Å². The van der Waals surface area contributed by atoms with E-state index >= 15 is 0 Å². The number of nitrogens with zero attached hydrogens (tertiary/aromatic N) is 2. The fraction of sp³-hybridized carbons (Fsp3) is 0.389. The third-order valence-corrected chi connectivity index (χ3v) is 6.61. The Bertz CT molecular complexity index is 825. The minimum absolute atomic E-state index is 0. The highest BCUT2D eigenvalue weighted by molar-refractivity contribution is 14.0. The molecule has 1 aromatic carbocycles. The normalized spacial score (nSPS) is 11.6. The zero-order chi connectivity index (χ0) is 19.7. The molecule has 156 valence electrons. The first-order chi connectivity index (χ1) is 12.9. The molecule has 10 heteroatoms. The lowest BCUT2D eigenvalue weighted by molar-refractivity contribution is 0.281. The van der Waals surface area contributed by atoms with Gasteiger partial charge in [-0.3, -0.25) is 4.99 Å². The molecule has 0 aliphatic heterocycles. The van der Waals surface area contributed by atoms with Crippen molar-refractivity contribution in [3.63, 3.8) is 0 Å². The van der Waals surface area contributed by atoms with Crippen LogP contribution >= 0.6 is 35.3 Å². The van der Waals surface area contributed by atoms with E-state index in [4.69, 9.17) is 4.74 Å². The van der Waals surface area contributed by atoms with Gasteiger partial charge in [-0.25, -0.2) is 13.1 Å². The van der Waals surface area contributed by atoms with Crippen LogP contribution in [0.25, 0.3) is 0 Å². The highest BCUT2D eigenvalue weighted by Crippen LogP contribution is 2.14. The Kier molecular flexibility index (Phi) is 10.8. The van der Waals surface area contributed by atoms with E-state index in [0.717, 1.165) is 5.75 Å². The van der Waals surface area contributed by atoms with E-state index in [2.05, 4.69) is 15.0 Å². The van der Waals surface area contributed by atoms with Crippen LogP contribution in [-0.4, -0.2) is 59.6 Å². The van der Waals surface area contributed by atoms with Crippen molar-refractivity contribution in [1.82, 2.24) is 14.9 Å².